The van der Waals surface area contributed by atoms with Crippen molar-refractivity contribution in [1.29, 1.82) is 0 Å². The standard InChI is InChI=1S/C20H29N5O2/c1-15(2)13-24-14-16(12-19(24)26)20(27)21-10-6-3-4-8-17-22-23-18-9-5-7-11-25(17)18/h5,7,9,11,15-16H,3-4,6,8,10,12-14H2,1-2H3,(H,21,27). The number of carbonyl (C=O) groups is 2. The second kappa shape index (κ2) is 8.97. The number of aryl methyl sites for hydroxylation is 1. The van der Waals surface area contributed by atoms with E-state index in [1.807, 2.05) is 33.7 Å². The third kappa shape index (κ3) is 5.05. The van der Waals surface area contributed by atoms with Gasteiger partial charge in [-0.25, -0.2) is 0 Å². The molecule has 1 saturated heterocycles. The van der Waals surface area contributed by atoms with E-state index in [2.05, 4.69) is 29.4 Å². The summed E-state index contributed by atoms with van der Waals surface area (Å²) in [5, 5.41) is 11.4. The van der Waals surface area contributed by atoms with Crippen LogP contribution in [0, 0.1) is 11.8 Å². The van der Waals surface area contributed by atoms with Crippen molar-refractivity contribution in [2.75, 3.05) is 19.6 Å². The van der Waals surface area contributed by atoms with Gasteiger partial charge in [0.15, 0.2) is 5.65 Å². The lowest BCUT2D eigenvalue weighted by atomic mass is 10.1. The minimum absolute atomic E-state index is 0.0121. The van der Waals surface area contributed by atoms with E-state index in [4.69, 9.17) is 0 Å². The molecule has 1 aliphatic rings. The third-order valence-corrected chi connectivity index (χ3v) is 4.93. The topological polar surface area (TPSA) is 79.6 Å². The smallest absolute Gasteiger partial charge is 0.225 e. The Bertz CT molecular complexity index is 786. The first-order chi connectivity index (χ1) is 13.0. The molecule has 1 aliphatic heterocycles. The molecular formula is C20H29N5O2. The number of nitrogens with zero attached hydrogens (tertiary/aromatic N) is 4. The van der Waals surface area contributed by atoms with E-state index in [1.165, 1.54) is 0 Å². The number of hydrogen-bond acceptors (Lipinski definition) is 4. The van der Waals surface area contributed by atoms with Gasteiger partial charge in [-0.2, -0.15) is 0 Å². The molecule has 2 amide bonds. The van der Waals surface area contributed by atoms with Crippen molar-refractivity contribution >= 4 is 17.5 Å². The molecule has 0 aromatic carbocycles. The van der Waals surface area contributed by atoms with Gasteiger partial charge in [-0.3, -0.25) is 14.0 Å². The Morgan fingerprint density at radius 3 is 2.93 bits per heavy atom. The summed E-state index contributed by atoms with van der Waals surface area (Å²) in [5.41, 5.74) is 0.873. The molecule has 7 nitrogen and oxygen atoms in total. The van der Waals surface area contributed by atoms with Crippen molar-refractivity contribution < 1.29 is 9.59 Å². The van der Waals surface area contributed by atoms with Gasteiger partial charge in [0.2, 0.25) is 11.8 Å². The van der Waals surface area contributed by atoms with E-state index >= 15 is 0 Å². The number of unbranched alkanes of at least 4 members (excludes halogenated alkanes) is 2. The zero-order valence-electron chi connectivity index (χ0n) is 16.2. The summed E-state index contributed by atoms with van der Waals surface area (Å²) in [6.45, 7) is 6.13. The van der Waals surface area contributed by atoms with Crippen LogP contribution in [0.2, 0.25) is 0 Å². The number of fused-ring (bicyclic) bond motifs is 1. The number of nitrogens with one attached hydrogen (secondary N) is 1. The SMILES string of the molecule is CC(C)CN1CC(C(=O)NCCCCCc2nnc3ccccn23)CC1=O. The molecule has 1 unspecified atom stereocenters. The van der Waals surface area contributed by atoms with E-state index in [9.17, 15) is 9.59 Å². The molecule has 3 rings (SSSR count). The highest BCUT2D eigenvalue weighted by atomic mass is 16.2. The van der Waals surface area contributed by atoms with Crippen LogP contribution >= 0.6 is 0 Å². The number of hydrogen-bond donors (Lipinski definition) is 1. The molecule has 0 saturated carbocycles. The van der Waals surface area contributed by atoms with Crippen LogP contribution in [-0.4, -0.2) is 50.9 Å². The molecule has 1 atom stereocenters. The van der Waals surface area contributed by atoms with E-state index in [-0.39, 0.29) is 17.7 Å². The first-order valence-electron chi connectivity index (χ1n) is 9.88. The van der Waals surface area contributed by atoms with Gasteiger partial charge < -0.3 is 10.2 Å². The zero-order chi connectivity index (χ0) is 19.2. The molecule has 146 valence electrons. The lowest BCUT2D eigenvalue weighted by Crippen LogP contribution is -2.34. The van der Waals surface area contributed by atoms with Gasteiger partial charge in [-0.05, 0) is 30.9 Å². The van der Waals surface area contributed by atoms with Crippen molar-refractivity contribution in [2.24, 2.45) is 11.8 Å². The fourth-order valence-electron chi connectivity index (χ4n) is 3.57. The number of likely N-dealkylation sites (tertiary alicyclic amines) is 1. The van der Waals surface area contributed by atoms with Crippen molar-refractivity contribution in [3.63, 3.8) is 0 Å². The van der Waals surface area contributed by atoms with Crippen molar-refractivity contribution in [1.82, 2.24) is 24.8 Å². The average Bonchev–Trinajstić information content (AvgIpc) is 3.21. The first kappa shape index (κ1) is 19.3. The molecular weight excluding hydrogens is 342 g/mol. The largest absolute Gasteiger partial charge is 0.356 e. The molecule has 0 aliphatic carbocycles. The second-order valence-corrected chi connectivity index (χ2v) is 7.74. The molecule has 0 radical (unpaired) electrons. The minimum Gasteiger partial charge on any atom is -0.356 e. The van der Waals surface area contributed by atoms with Crippen molar-refractivity contribution in [3.05, 3.63) is 30.2 Å². The van der Waals surface area contributed by atoms with Crippen LogP contribution in [-0.2, 0) is 16.0 Å². The van der Waals surface area contributed by atoms with Crippen LogP contribution in [0.3, 0.4) is 0 Å². The predicted molar refractivity (Wildman–Crippen MR) is 103 cm³/mol. The normalized spacial score (nSPS) is 17.2. The van der Waals surface area contributed by atoms with Gasteiger partial charge in [0.05, 0.1) is 5.92 Å². The van der Waals surface area contributed by atoms with Gasteiger partial charge >= 0.3 is 0 Å². The molecule has 2 aromatic heterocycles. The Kier molecular flexibility index (Phi) is 6.42. The van der Waals surface area contributed by atoms with E-state index in [0.717, 1.165) is 43.7 Å². The maximum atomic E-state index is 12.3. The predicted octanol–water partition coefficient (Wildman–Crippen LogP) is 2.06. The van der Waals surface area contributed by atoms with Crippen molar-refractivity contribution in [3.8, 4) is 0 Å². The fraction of sp³-hybridized carbons (Fsp3) is 0.600. The fourth-order valence-corrected chi connectivity index (χ4v) is 3.57. The first-order valence-corrected chi connectivity index (χ1v) is 9.88. The molecule has 1 fully saturated rings. The van der Waals surface area contributed by atoms with E-state index in [1.54, 1.807) is 0 Å². The summed E-state index contributed by atoms with van der Waals surface area (Å²) in [6.07, 6.45) is 6.16. The summed E-state index contributed by atoms with van der Waals surface area (Å²) in [5.74, 6) is 1.32. The summed E-state index contributed by atoms with van der Waals surface area (Å²) < 4.78 is 2.02. The Morgan fingerprint density at radius 2 is 2.11 bits per heavy atom. The highest BCUT2D eigenvalue weighted by Gasteiger charge is 2.34. The summed E-state index contributed by atoms with van der Waals surface area (Å²) in [7, 11) is 0. The molecule has 27 heavy (non-hydrogen) atoms. The van der Waals surface area contributed by atoms with E-state index < -0.39 is 0 Å². The van der Waals surface area contributed by atoms with Crippen LogP contribution in [0.15, 0.2) is 24.4 Å². The highest BCUT2D eigenvalue weighted by Crippen LogP contribution is 2.19. The number of aromatic nitrogens is 3. The lowest BCUT2D eigenvalue weighted by molar-refractivity contribution is -0.129. The van der Waals surface area contributed by atoms with Crippen molar-refractivity contribution in [2.45, 2.75) is 46.0 Å². The van der Waals surface area contributed by atoms with Gasteiger partial charge in [-0.1, -0.05) is 26.3 Å². The minimum atomic E-state index is -0.196. The molecule has 0 spiro atoms. The van der Waals surface area contributed by atoms with Crippen LogP contribution < -0.4 is 5.32 Å². The zero-order valence-corrected chi connectivity index (χ0v) is 16.2. The average molecular weight is 371 g/mol. The molecule has 2 aromatic rings. The van der Waals surface area contributed by atoms with E-state index in [0.29, 0.717) is 25.4 Å². The monoisotopic (exact) mass is 371 g/mol. The Hall–Kier alpha value is -2.44. The number of rotatable bonds is 9. The van der Waals surface area contributed by atoms with Crippen LogP contribution in [0.25, 0.3) is 5.65 Å². The summed E-state index contributed by atoms with van der Waals surface area (Å²) >= 11 is 0. The molecule has 7 heteroatoms. The van der Waals surface area contributed by atoms with Gasteiger partial charge in [0.1, 0.15) is 5.82 Å². The number of pyridine rings is 1. The quantitative estimate of drug-likeness (QED) is 0.684. The summed E-state index contributed by atoms with van der Waals surface area (Å²) in [4.78, 5) is 26.1. The number of amides is 2. The summed E-state index contributed by atoms with van der Waals surface area (Å²) in [6, 6.07) is 5.88. The molecule has 0 bridgehead atoms. The van der Waals surface area contributed by atoms with Gasteiger partial charge in [0.25, 0.3) is 0 Å². The van der Waals surface area contributed by atoms with Crippen LogP contribution in [0.4, 0.5) is 0 Å². The lowest BCUT2D eigenvalue weighted by Gasteiger charge is -2.18. The maximum Gasteiger partial charge on any atom is 0.225 e. The molecule has 1 N–H and O–H groups in total. The van der Waals surface area contributed by atoms with Crippen LogP contribution in [0.5, 0.6) is 0 Å². The Morgan fingerprint density at radius 1 is 1.26 bits per heavy atom. The number of carbonyl (C=O) groups excluding carboxylic acids is 2. The Balaban J connectivity index is 1.32. The highest BCUT2D eigenvalue weighted by molar-refractivity contribution is 5.89. The second-order valence-electron chi connectivity index (χ2n) is 7.74. The van der Waals surface area contributed by atoms with Gasteiger partial charge in [0, 0.05) is 38.7 Å². The van der Waals surface area contributed by atoms with Crippen LogP contribution in [0.1, 0.15) is 45.4 Å². The third-order valence-electron chi connectivity index (χ3n) is 4.93. The van der Waals surface area contributed by atoms with Gasteiger partial charge in [-0.15, -0.1) is 10.2 Å². The molecule has 3 heterocycles. The Labute approximate surface area is 160 Å². The maximum absolute atomic E-state index is 12.3.